The summed E-state index contributed by atoms with van der Waals surface area (Å²) < 4.78 is 0. The van der Waals surface area contributed by atoms with Crippen molar-refractivity contribution in [2.45, 2.75) is 38.5 Å². The summed E-state index contributed by atoms with van der Waals surface area (Å²) in [6, 6.07) is 0. The van der Waals surface area contributed by atoms with Crippen molar-refractivity contribution in [3.63, 3.8) is 0 Å². The van der Waals surface area contributed by atoms with Crippen LogP contribution in [0.25, 0.3) is 11.1 Å². The minimum absolute atomic E-state index is 0.651. The quantitative estimate of drug-likeness (QED) is 0.262. The van der Waals surface area contributed by atoms with Gasteiger partial charge in [0.05, 0.1) is 12.8 Å². The summed E-state index contributed by atoms with van der Waals surface area (Å²) in [4.78, 5) is 15.2. The van der Waals surface area contributed by atoms with Gasteiger partial charge in [0.25, 0.3) is 11.4 Å². The molecule has 6 heteroatoms. The molecule has 134 valence electrons. The molecule has 2 aliphatic rings. The molecule has 26 heavy (non-hydrogen) atoms. The van der Waals surface area contributed by atoms with Crippen molar-refractivity contribution in [2.24, 2.45) is 9.98 Å². The Morgan fingerprint density at radius 2 is 1.19 bits per heavy atom. The zero-order valence-electron chi connectivity index (χ0n) is 15.0. The summed E-state index contributed by atoms with van der Waals surface area (Å²) in [5.41, 5.74) is 20.8. The van der Waals surface area contributed by atoms with E-state index in [1.807, 2.05) is 36.7 Å². The molecule has 0 radical (unpaired) electrons. The Kier molecular flexibility index (Phi) is 8.64. The zero-order chi connectivity index (χ0) is 18.5. The van der Waals surface area contributed by atoms with Gasteiger partial charge in [-0.1, -0.05) is 25.0 Å². The first-order valence-electron chi connectivity index (χ1n) is 9.00. The Labute approximate surface area is 154 Å². The third kappa shape index (κ3) is 7.31. The van der Waals surface area contributed by atoms with E-state index in [-0.39, 0.29) is 0 Å². The van der Waals surface area contributed by atoms with Gasteiger partial charge in [0, 0.05) is 37.7 Å². The maximum absolute atomic E-state index is 8.66. The lowest BCUT2D eigenvalue weighted by Crippen LogP contribution is -1.99. The summed E-state index contributed by atoms with van der Waals surface area (Å²) in [6.07, 6.45) is 21.0. The molecule has 0 fully saturated rings. The normalized spacial score (nSPS) is 16.8. The first kappa shape index (κ1) is 19.4. The van der Waals surface area contributed by atoms with Crippen LogP contribution >= 0.6 is 0 Å². The van der Waals surface area contributed by atoms with Gasteiger partial charge in [0.15, 0.2) is 0 Å². The van der Waals surface area contributed by atoms with Crippen LogP contribution in [0.15, 0.2) is 57.6 Å². The Hall–Kier alpha value is -2.94. The van der Waals surface area contributed by atoms with Crippen LogP contribution < -0.4 is 0 Å². The first-order chi connectivity index (χ1) is 12.8. The third-order valence-corrected chi connectivity index (χ3v) is 4.09. The van der Waals surface area contributed by atoms with Crippen LogP contribution in [-0.4, -0.2) is 46.5 Å². The molecule has 0 N–H and O–H groups in total. The SMILES string of the molecule is [N-]=[N+]=C1C=CC(C=NCCCCCCN=CC2=CCC(=[N+]=[N-])C=C2)=CC1. The van der Waals surface area contributed by atoms with Crippen molar-refractivity contribution in [1.29, 1.82) is 0 Å². The molecule has 0 aromatic heterocycles. The van der Waals surface area contributed by atoms with E-state index in [0.717, 1.165) is 49.9 Å². The molecule has 0 aromatic carbocycles. The Balaban J connectivity index is 1.50. The molecule has 0 amide bonds. The lowest BCUT2D eigenvalue weighted by atomic mass is 10.1. The van der Waals surface area contributed by atoms with Crippen molar-refractivity contribution >= 4 is 23.9 Å². The lowest BCUT2D eigenvalue weighted by Gasteiger charge is -2.00. The highest BCUT2D eigenvalue weighted by molar-refractivity contribution is 5.98. The lowest BCUT2D eigenvalue weighted by molar-refractivity contribution is -0.00587. The second-order valence-corrected chi connectivity index (χ2v) is 6.15. The zero-order valence-corrected chi connectivity index (χ0v) is 15.0. The van der Waals surface area contributed by atoms with Crippen molar-refractivity contribution in [1.82, 2.24) is 0 Å². The van der Waals surface area contributed by atoms with Crippen LogP contribution in [0.1, 0.15) is 38.5 Å². The molecule has 0 spiro atoms. The van der Waals surface area contributed by atoms with Crippen LogP contribution in [0.4, 0.5) is 0 Å². The van der Waals surface area contributed by atoms with Crippen LogP contribution in [0, 0.1) is 0 Å². The number of unbranched alkanes of at least 4 members (excludes halogenated alkanes) is 3. The molecule has 6 nitrogen and oxygen atoms in total. The van der Waals surface area contributed by atoms with E-state index in [0.29, 0.717) is 24.3 Å². The molecule has 0 bridgehead atoms. The molecule has 0 unspecified atom stereocenters. The molecule has 2 aliphatic carbocycles. The van der Waals surface area contributed by atoms with Gasteiger partial charge in [0.1, 0.15) is 0 Å². The number of rotatable bonds is 9. The Morgan fingerprint density at radius 3 is 1.54 bits per heavy atom. The smallest absolute Gasteiger partial charge is 0.295 e. The minimum Gasteiger partial charge on any atom is -0.361 e. The standard InChI is InChI=1S/C20H24N6/c21-25-19-9-5-17(6-10-19)15-23-13-3-1-2-4-14-24-16-18-7-11-20(26-22)12-8-18/h5-9,11,15-16H,1-4,10,12-14H2. The van der Waals surface area contributed by atoms with Crippen LogP contribution in [0.5, 0.6) is 0 Å². The Bertz CT molecular complexity index is 700. The van der Waals surface area contributed by atoms with Gasteiger partial charge in [-0.05, 0) is 36.1 Å². The third-order valence-electron chi connectivity index (χ3n) is 4.09. The van der Waals surface area contributed by atoms with Gasteiger partial charge in [-0.15, -0.1) is 0 Å². The topological polar surface area (TPSA) is 97.5 Å². The van der Waals surface area contributed by atoms with E-state index in [1.54, 1.807) is 12.2 Å². The summed E-state index contributed by atoms with van der Waals surface area (Å²) in [6.45, 7) is 1.67. The van der Waals surface area contributed by atoms with Crippen molar-refractivity contribution < 1.29 is 9.58 Å². The van der Waals surface area contributed by atoms with Gasteiger partial charge in [-0.3, -0.25) is 9.98 Å². The number of allylic oxidation sites excluding steroid dienone is 8. The van der Waals surface area contributed by atoms with Crippen LogP contribution in [-0.2, 0) is 0 Å². The summed E-state index contributed by atoms with van der Waals surface area (Å²) in [5.74, 6) is 0. The number of nitrogens with zero attached hydrogens (tertiary/aromatic N) is 6. The highest BCUT2D eigenvalue weighted by Gasteiger charge is 2.06. The van der Waals surface area contributed by atoms with E-state index in [2.05, 4.69) is 19.6 Å². The molecular weight excluding hydrogens is 324 g/mol. The number of hydrogen-bond acceptors (Lipinski definition) is 2. The summed E-state index contributed by atoms with van der Waals surface area (Å²) in [5, 5.41) is 0. The molecule has 0 saturated heterocycles. The predicted molar refractivity (Wildman–Crippen MR) is 106 cm³/mol. The van der Waals surface area contributed by atoms with Gasteiger partial charge in [-0.25, -0.2) is 0 Å². The van der Waals surface area contributed by atoms with Crippen molar-refractivity contribution in [2.75, 3.05) is 13.1 Å². The average Bonchev–Trinajstić information content (AvgIpc) is 2.70. The molecule has 2 rings (SSSR count). The summed E-state index contributed by atoms with van der Waals surface area (Å²) >= 11 is 0. The minimum atomic E-state index is 0.651. The van der Waals surface area contributed by atoms with E-state index in [1.165, 1.54) is 0 Å². The van der Waals surface area contributed by atoms with Crippen molar-refractivity contribution in [3.8, 4) is 0 Å². The van der Waals surface area contributed by atoms with Gasteiger partial charge in [0.2, 0.25) is 0 Å². The van der Waals surface area contributed by atoms with E-state index in [9.17, 15) is 0 Å². The van der Waals surface area contributed by atoms with Gasteiger partial charge < -0.3 is 11.1 Å². The predicted octanol–water partition coefficient (Wildman–Crippen LogP) is 3.80. The number of aliphatic imine (C=N–C) groups is 2. The molecular formula is C20H24N6. The highest BCUT2D eigenvalue weighted by atomic mass is 14.9. The summed E-state index contributed by atoms with van der Waals surface area (Å²) in [7, 11) is 0. The average molecular weight is 348 g/mol. The van der Waals surface area contributed by atoms with Gasteiger partial charge in [-0.2, -0.15) is 9.58 Å². The maximum atomic E-state index is 8.66. The monoisotopic (exact) mass is 348 g/mol. The van der Waals surface area contributed by atoms with E-state index < -0.39 is 0 Å². The highest BCUT2D eigenvalue weighted by Crippen LogP contribution is 2.07. The first-order valence-corrected chi connectivity index (χ1v) is 9.00. The van der Waals surface area contributed by atoms with Crippen LogP contribution in [0.3, 0.4) is 0 Å². The fourth-order valence-electron chi connectivity index (χ4n) is 2.54. The second kappa shape index (κ2) is 11.6. The molecule has 0 atom stereocenters. The van der Waals surface area contributed by atoms with E-state index in [4.69, 9.17) is 11.1 Å². The maximum Gasteiger partial charge on any atom is 0.295 e. The van der Waals surface area contributed by atoms with E-state index >= 15 is 0 Å². The molecule has 0 heterocycles. The largest absolute Gasteiger partial charge is 0.361 e. The molecule has 0 saturated carbocycles. The Morgan fingerprint density at radius 1 is 0.731 bits per heavy atom. The molecule has 0 aliphatic heterocycles. The molecule has 0 aromatic rings. The fourth-order valence-corrected chi connectivity index (χ4v) is 2.54. The van der Waals surface area contributed by atoms with Crippen molar-refractivity contribution in [3.05, 3.63) is 58.7 Å². The number of hydrogen-bond donors (Lipinski definition) is 0. The van der Waals surface area contributed by atoms with Crippen LogP contribution in [0.2, 0.25) is 0 Å². The van der Waals surface area contributed by atoms with Gasteiger partial charge >= 0.3 is 0 Å². The fraction of sp³-hybridized carbons (Fsp3) is 0.400. The second-order valence-electron chi connectivity index (χ2n) is 6.15.